The lowest BCUT2D eigenvalue weighted by molar-refractivity contribution is 0.0994. The topological polar surface area (TPSA) is 30.0 Å². The molecule has 2 heteroatoms. The van der Waals surface area contributed by atoms with Gasteiger partial charge >= 0.3 is 0 Å². The van der Waals surface area contributed by atoms with Crippen molar-refractivity contribution in [3.63, 3.8) is 0 Å². The fourth-order valence-electron chi connectivity index (χ4n) is 2.79. The van der Waals surface area contributed by atoms with Crippen molar-refractivity contribution in [3.8, 4) is 11.3 Å². The summed E-state index contributed by atoms with van der Waals surface area (Å²) in [4.78, 5) is 16.5. The van der Waals surface area contributed by atoms with Crippen LogP contribution >= 0.6 is 0 Å². The Kier molecular flexibility index (Phi) is 1.84. The van der Waals surface area contributed by atoms with E-state index in [2.05, 4.69) is 23.2 Å². The van der Waals surface area contributed by atoms with Gasteiger partial charge in [0.15, 0.2) is 5.78 Å². The molecule has 2 nitrogen and oxygen atoms in total. The summed E-state index contributed by atoms with van der Waals surface area (Å²) in [5.74, 6) is 0.179. The Morgan fingerprint density at radius 2 is 1.94 bits per heavy atom. The summed E-state index contributed by atoms with van der Waals surface area (Å²) in [6, 6.07) is 10.4. The van der Waals surface area contributed by atoms with Gasteiger partial charge in [0.2, 0.25) is 0 Å². The van der Waals surface area contributed by atoms with Crippen molar-refractivity contribution in [2.45, 2.75) is 12.8 Å². The largest absolute Gasteiger partial charge is 0.294 e. The molecule has 1 aromatic heterocycles. The van der Waals surface area contributed by atoms with Gasteiger partial charge in [0.25, 0.3) is 0 Å². The predicted molar refractivity (Wildman–Crippen MR) is 70.5 cm³/mol. The van der Waals surface area contributed by atoms with Crippen molar-refractivity contribution in [2.24, 2.45) is 0 Å². The molecule has 2 aliphatic carbocycles. The standard InChI is InChI=1S/C16H11NO/c18-15-7-3-6-14-13(15)9-11-8-10-4-1-2-5-12(10)16(11)17-14/h1-6,9H,7-8H2. The number of hydrogen-bond acceptors (Lipinski definition) is 2. The number of rotatable bonds is 0. The van der Waals surface area contributed by atoms with E-state index in [0.29, 0.717) is 6.42 Å². The second kappa shape index (κ2) is 3.39. The minimum absolute atomic E-state index is 0.179. The zero-order chi connectivity index (χ0) is 12.1. The van der Waals surface area contributed by atoms with Gasteiger partial charge in [0.05, 0.1) is 11.4 Å². The Morgan fingerprint density at radius 1 is 1.06 bits per heavy atom. The Bertz CT molecular complexity index is 713. The molecule has 0 fully saturated rings. The summed E-state index contributed by atoms with van der Waals surface area (Å²) in [5, 5.41) is 0. The number of nitrogens with zero attached hydrogens (tertiary/aromatic N) is 1. The summed E-state index contributed by atoms with van der Waals surface area (Å²) in [6.07, 6.45) is 5.24. The zero-order valence-corrected chi connectivity index (χ0v) is 9.81. The first-order valence-electron chi connectivity index (χ1n) is 6.15. The third kappa shape index (κ3) is 1.23. The molecule has 0 radical (unpaired) electrons. The Morgan fingerprint density at radius 3 is 2.89 bits per heavy atom. The van der Waals surface area contributed by atoms with Crippen molar-refractivity contribution < 1.29 is 4.79 Å². The minimum Gasteiger partial charge on any atom is -0.294 e. The van der Waals surface area contributed by atoms with E-state index in [1.807, 2.05) is 24.3 Å². The molecule has 0 saturated heterocycles. The van der Waals surface area contributed by atoms with Crippen LogP contribution < -0.4 is 0 Å². The lowest BCUT2D eigenvalue weighted by Gasteiger charge is -2.11. The number of aromatic nitrogens is 1. The molecule has 0 saturated carbocycles. The fourth-order valence-corrected chi connectivity index (χ4v) is 2.79. The molecule has 4 rings (SSSR count). The number of ketones is 1. The van der Waals surface area contributed by atoms with E-state index in [0.717, 1.165) is 23.4 Å². The van der Waals surface area contributed by atoms with Crippen LogP contribution in [0.25, 0.3) is 17.3 Å². The monoisotopic (exact) mass is 233 g/mol. The first-order valence-corrected chi connectivity index (χ1v) is 6.15. The molecule has 0 amide bonds. The van der Waals surface area contributed by atoms with E-state index >= 15 is 0 Å². The molecular weight excluding hydrogens is 222 g/mol. The van der Waals surface area contributed by atoms with E-state index in [4.69, 9.17) is 0 Å². The molecule has 0 spiro atoms. The maximum atomic E-state index is 11.9. The van der Waals surface area contributed by atoms with Crippen LogP contribution in [0.1, 0.15) is 33.6 Å². The van der Waals surface area contributed by atoms with Crippen LogP contribution in [0.4, 0.5) is 0 Å². The lowest BCUT2D eigenvalue weighted by Crippen LogP contribution is -2.07. The van der Waals surface area contributed by atoms with E-state index in [-0.39, 0.29) is 5.78 Å². The first-order chi connectivity index (χ1) is 8.83. The highest BCUT2D eigenvalue weighted by molar-refractivity contribution is 6.02. The van der Waals surface area contributed by atoms with E-state index in [1.165, 1.54) is 16.7 Å². The van der Waals surface area contributed by atoms with Gasteiger partial charge in [0, 0.05) is 24.0 Å². The fraction of sp³-hybridized carbons (Fsp3) is 0.125. The predicted octanol–water partition coefficient (Wildman–Crippen LogP) is 3.25. The van der Waals surface area contributed by atoms with Gasteiger partial charge in [0.1, 0.15) is 0 Å². The molecule has 86 valence electrons. The van der Waals surface area contributed by atoms with Crippen LogP contribution in [-0.4, -0.2) is 10.8 Å². The van der Waals surface area contributed by atoms with Gasteiger partial charge < -0.3 is 0 Å². The summed E-state index contributed by atoms with van der Waals surface area (Å²) in [5.41, 5.74) is 6.34. The van der Waals surface area contributed by atoms with Crippen LogP contribution in [0.5, 0.6) is 0 Å². The maximum Gasteiger partial charge on any atom is 0.168 e. The number of Topliss-reactive ketones (excluding diaryl/α,β-unsaturated/α-hetero) is 1. The quantitative estimate of drug-likeness (QED) is 0.596. The molecule has 0 atom stereocenters. The molecule has 1 heterocycles. The van der Waals surface area contributed by atoms with Crippen LogP contribution in [0.2, 0.25) is 0 Å². The van der Waals surface area contributed by atoms with Crippen molar-refractivity contribution in [1.29, 1.82) is 0 Å². The second-order valence-electron chi connectivity index (χ2n) is 4.79. The molecule has 0 unspecified atom stereocenters. The third-order valence-electron chi connectivity index (χ3n) is 3.66. The van der Waals surface area contributed by atoms with Crippen LogP contribution in [0.15, 0.2) is 36.4 Å². The summed E-state index contributed by atoms with van der Waals surface area (Å²) >= 11 is 0. The van der Waals surface area contributed by atoms with Gasteiger partial charge in [-0.1, -0.05) is 30.3 Å². The Balaban J connectivity index is 1.99. The minimum atomic E-state index is 0.179. The summed E-state index contributed by atoms with van der Waals surface area (Å²) in [7, 11) is 0. The molecule has 18 heavy (non-hydrogen) atoms. The lowest BCUT2D eigenvalue weighted by atomic mass is 9.98. The van der Waals surface area contributed by atoms with Gasteiger partial charge in [-0.25, -0.2) is 4.98 Å². The number of allylic oxidation sites excluding steroid dienone is 1. The number of carbonyl (C=O) groups excluding carboxylic acids is 1. The molecule has 0 aliphatic heterocycles. The van der Waals surface area contributed by atoms with Crippen molar-refractivity contribution in [2.75, 3.05) is 0 Å². The Hall–Kier alpha value is -2.22. The summed E-state index contributed by atoms with van der Waals surface area (Å²) in [6.45, 7) is 0. The molecule has 1 aromatic carbocycles. The summed E-state index contributed by atoms with van der Waals surface area (Å²) < 4.78 is 0. The number of benzene rings is 1. The normalized spacial score (nSPS) is 15.2. The highest BCUT2D eigenvalue weighted by Gasteiger charge is 2.24. The Labute approximate surface area is 105 Å². The molecular formula is C16H11NO. The van der Waals surface area contributed by atoms with Gasteiger partial charge in [-0.05, 0) is 23.3 Å². The van der Waals surface area contributed by atoms with E-state index in [1.54, 1.807) is 0 Å². The molecule has 2 aliphatic rings. The van der Waals surface area contributed by atoms with Crippen molar-refractivity contribution >= 4 is 11.9 Å². The number of carbonyl (C=O) groups is 1. The average molecular weight is 233 g/mol. The van der Waals surface area contributed by atoms with Crippen molar-refractivity contribution in [3.05, 3.63) is 58.8 Å². The maximum absolute atomic E-state index is 11.9. The smallest absolute Gasteiger partial charge is 0.168 e. The second-order valence-corrected chi connectivity index (χ2v) is 4.79. The SMILES string of the molecule is O=C1CC=Cc2nc3c(cc21)Cc1ccccc1-3. The number of hydrogen-bond donors (Lipinski definition) is 0. The number of fused-ring (bicyclic) bond motifs is 4. The van der Waals surface area contributed by atoms with Crippen LogP contribution in [0, 0.1) is 0 Å². The average Bonchev–Trinajstić information content (AvgIpc) is 2.75. The number of pyridine rings is 1. The van der Waals surface area contributed by atoms with Gasteiger partial charge in [-0.3, -0.25) is 4.79 Å². The molecule has 0 bridgehead atoms. The van der Waals surface area contributed by atoms with Crippen LogP contribution in [-0.2, 0) is 6.42 Å². The van der Waals surface area contributed by atoms with Gasteiger partial charge in [-0.2, -0.15) is 0 Å². The van der Waals surface area contributed by atoms with E-state index < -0.39 is 0 Å². The van der Waals surface area contributed by atoms with Crippen LogP contribution in [0.3, 0.4) is 0 Å². The van der Waals surface area contributed by atoms with Gasteiger partial charge in [-0.15, -0.1) is 0 Å². The highest BCUT2D eigenvalue weighted by atomic mass is 16.1. The first kappa shape index (κ1) is 9.77. The molecule has 0 N–H and O–H groups in total. The van der Waals surface area contributed by atoms with Crippen molar-refractivity contribution in [1.82, 2.24) is 4.98 Å². The zero-order valence-electron chi connectivity index (χ0n) is 9.81. The van der Waals surface area contributed by atoms with E-state index in [9.17, 15) is 4.79 Å². The third-order valence-corrected chi connectivity index (χ3v) is 3.66. The highest BCUT2D eigenvalue weighted by Crippen LogP contribution is 2.36. The molecule has 2 aromatic rings.